The molecule has 0 aromatic heterocycles. The van der Waals surface area contributed by atoms with E-state index in [0.717, 1.165) is 12.5 Å². The van der Waals surface area contributed by atoms with Crippen molar-refractivity contribution in [3.63, 3.8) is 0 Å². The lowest BCUT2D eigenvalue weighted by molar-refractivity contribution is 0.0533. The second kappa shape index (κ2) is 5.51. The van der Waals surface area contributed by atoms with Gasteiger partial charge in [0.2, 0.25) is 0 Å². The minimum Gasteiger partial charge on any atom is -0.306 e. The molecule has 1 atom stereocenters. The molecular formula is C9H20N2O. The fraction of sp³-hybridized carbons (Fsp3) is 1.00. The van der Waals surface area contributed by atoms with Crippen molar-refractivity contribution in [2.75, 3.05) is 33.8 Å². The molecule has 0 saturated carbocycles. The second-order valence-corrected chi connectivity index (χ2v) is 3.61. The van der Waals surface area contributed by atoms with Crippen molar-refractivity contribution in [1.29, 1.82) is 0 Å². The number of nitrogens with one attached hydrogen (secondary N) is 1. The minimum absolute atomic E-state index is 0.844. The summed E-state index contributed by atoms with van der Waals surface area (Å²) in [6.07, 6.45) is 3.86. The Morgan fingerprint density at radius 1 is 1.58 bits per heavy atom. The molecular weight excluding hydrogens is 152 g/mol. The van der Waals surface area contributed by atoms with E-state index in [4.69, 9.17) is 4.84 Å². The third-order valence-electron chi connectivity index (χ3n) is 2.49. The highest BCUT2D eigenvalue weighted by molar-refractivity contribution is 4.72. The smallest absolute Gasteiger partial charge is 0.0682 e. The molecule has 0 bridgehead atoms. The lowest BCUT2D eigenvalue weighted by atomic mass is 10.0. The van der Waals surface area contributed by atoms with E-state index in [-0.39, 0.29) is 0 Å². The molecule has 1 unspecified atom stereocenters. The first-order chi connectivity index (χ1) is 5.83. The van der Waals surface area contributed by atoms with Gasteiger partial charge in [0.15, 0.2) is 0 Å². The van der Waals surface area contributed by atoms with Gasteiger partial charge in [0.25, 0.3) is 0 Å². The molecule has 1 rings (SSSR count). The van der Waals surface area contributed by atoms with Crippen LogP contribution in [-0.2, 0) is 4.84 Å². The molecule has 0 aliphatic carbocycles. The van der Waals surface area contributed by atoms with Gasteiger partial charge in [0, 0.05) is 13.6 Å². The summed E-state index contributed by atoms with van der Waals surface area (Å²) in [5, 5.41) is 0. The van der Waals surface area contributed by atoms with Gasteiger partial charge in [-0.3, -0.25) is 0 Å². The third-order valence-corrected chi connectivity index (χ3v) is 2.49. The van der Waals surface area contributed by atoms with Crippen LogP contribution in [0.25, 0.3) is 0 Å². The number of rotatable bonds is 5. The van der Waals surface area contributed by atoms with E-state index in [1.54, 1.807) is 0 Å². The van der Waals surface area contributed by atoms with Gasteiger partial charge in [-0.05, 0) is 38.8 Å². The van der Waals surface area contributed by atoms with Crippen LogP contribution in [0.2, 0.25) is 0 Å². The lowest BCUT2D eigenvalue weighted by Gasteiger charge is -2.09. The van der Waals surface area contributed by atoms with Crippen molar-refractivity contribution in [3.8, 4) is 0 Å². The van der Waals surface area contributed by atoms with Gasteiger partial charge in [-0.2, -0.15) is 0 Å². The Balaban J connectivity index is 1.93. The molecule has 1 N–H and O–H groups in total. The lowest BCUT2D eigenvalue weighted by Crippen LogP contribution is -2.14. The average Bonchev–Trinajstić information content (AvgIpc) is 2.45. The normalized spacial score (nSPS) is 25.0. The molecule has 0 radical (unpaired) electrons. The predicted molar refractivity (Wildman–Crippen MR) is 49.8 cm³/mol. The Morgan fingerprint density at radius 2 is 2.42 bits per heavy atom. The standard InChI is InChI=1S/C9H20N2O/c1-10-12-7-3-4-9-5-6-11(2)8-9/h9-10H,3-8H2,1-2H3. The highest BCUT2D eigenvalue weighted by Crippen LogP contribution is 2.18. The summed E-state index contributed by atoms with van der Waals surface area (Å²) in [6.45, 7) is 3.40. The Bertz CT molecular complexity index is 119. The summed E-state index contributed by atoms with van der Waals surface area (Å²) in [5.41, 5.74) is 2.69. The van der Waals surface area contributed by atoms with E-state index in [0.29, 0.717) is 0 Å². The predicted octanol–water partition coefficient (Wildman–Crippen LogP) is 0.869. The summed E-state index contributed by atoms with van der Waals surface area (Å²) in [5.74, 6) is 0.912. The molecule has 72 valence electrons. The SMILES string of the molecule is CNOCCCC1CCN(C)C1. The summed E-state index contributed by atoms with van der Waals surface area (Å²) in [4.78, 5) is 7.46. The molecule has 0 amide bonds. The van der Waals surface area contributed by atoms with Crippen LogP contribution in [0, 0.1) is 5.92 Å². The minimum atomic E-state index is 0.844. The molecule has 1 aliphatic rings. The van der Waals surface area contributed by atoms with Crippen molar-refractivity contribution in [2.24, 2.45) is 5.92 Å². The molecule has 1 aliphatic heterocycles. The zero-order chi connectivity index (χ0) is 8.81. The van der Waals surface area contributed by atoms with Crippen LogP contribution in [-0.4, -0.2) is 38.7 Å². The summed E-state index contributed by atoms with van der Waals surface area (Å²) in [6, 6.07) is 0. The van der Waals surface area contributed by atoms with Crippen molar-refractivity contribution in [2.45, 2.75) is 19.3 Å². The quantitative estimate of drug-likeness (QED) is 0.492. The fourth-order valence-corrected chi connectivity index (χ4v) is 1.81. The monoisotopic (exact) mass is 172 g/mol. The van der Waals surface area contributed by atoms with E-state index >= 15 is 0 Å². The van der Waals surface area contributed by atoms with Crippen LogP contribution in [0.3, 0.4) is 0 Å². The van der Waals surface area contributed by atoms with Crippen LogP contribution in [0.5, 0.6) is 0 Å². The first-order valence-electron chi connectivity index (χ1n) is 4.80. The highest BCUT2D eigenvalue weighted by atomic mass is 16.6. The zero-order valence-electron chi connectivity index (χ0n) is 8.18. The van der Waals surface area contributed by atoms with E-state index in [2.05, 4.69) is 17.4 Å². The molecule has 3 heteroatoms. The van der Waals surface area contributed by atoms with Gasteiger partial charge in [-0.25, -0.2) is 5.48 Å². The maximum absolute atomic E-state index is 5.06. The van der Waals surface area contributed by atoms with E-state index in [1.807, 2.05) is 7.05 Å². The number of likely N-dealkylation sites (tertiary alicyclic amines) is 1. The molecule has 0 spiro atoms. The van der Waals surface area contributed by atoms with Gasteiger partial charge in [0.05, 0.1) is 6.61 Å². The van der Waals surface area contributed by atoms with Gasteiger partial charge >= 0.3 is 0 Å². The van der Waals surface area contributed by atoms with Gasteiger partial charge in [-0.1, -0.05) is 0 Å². The van der Waals surface area contributed by atoms with Gasteiger partial charge < -0.3 is 9.74 Å². The highest BCUT2D eigenvalue weighted by Gasteiger charge is 2.18. The van der Waals surface area contributed by atoms with Crippen LogP contribution < -0.4 is 5.48 Å². The average molecular weight is 172 g/mol. The topological polar surface area (TPSA) is 24.5 Å². The summed E-state index contributed by atoms with van der Waals surface area (Å²) >= 11 is 0. The molecule has 3 nitrogen and oxygen atoms in total. The zero-order valence-corrected chi connectivity index (χ0v) is 8.18. The summed E-state index contributed by atoms with van der Waals surface area (Å²) in [7, 11) is 4.01. The summed E-state index contributed by atoms with van der Waals surface area (Å²) < 4.78 is 0. The number of hydrogen-bond acceptors (Lipinski definition) is 3. The van der Waals surface area contributed by atoms with Gasteiger partial charge in [-0.15, -0.1) is 0 Å². The fourth-order valence-electron chi connectivity index (χ4n) is 1.81. The van der Waals surface area contributed by atoms with Crippen LogP contribution in [0.1, 0.15) is 19.3 Å². The molecule has 0 aromatic rings. The Kier molecular flexibility index (Phi) is 4.58. The molecule has 1 heterocycles. The van der Waals surface area contributed by atoms with E-state index in [1.165, 1.54) is 32.4 Å². The Hall–Kier alpha value is -0.120. The molecule has 1 saturated heterocycles. The first kappa shape index (κ1) is 9.96. The largest absolute Gasteiger partial charge is 0.306 e. The van der Waals surface area contributed by atoms with Gasteiger partial charge in [0.1, 0.15) is 0 Å². The van der Waals surface area contributed by atoms with Crippen LogP contribution in [0.15, 0.2) is 0 Å². The molecule has 12 heavy (non-hydrogen) atoms. The van der Waals surface area contributed by atoms with Crippen molar-refractivity contribution in [3.05, 3.63) is 0 Å². The maximum atomic E-state index is 5.06. The van der Waals surface area contributed by atoms with Crippen molar-refractivity contribution >= 4 is 0 Å². The second-order valence-electron chi connectivity index (χ2n) is 3.61. The molecule has 0 aromatic carbocycles. The van der Waals surface area contributed by atoms with E-state index in [9.17, 15) is 0 Å². The van der Waals surface area contributed by atoms with Crippen molar-refractivity contribution in [1.82, 2.24) is 10.4 Å². The van der Waals surface area contributed by atoms with Crippen LogP contribution >= 0.6 is 0 Å². The Morgan fingerprint density at radius 3 is 3.00 bits per heavy atom. The molecule has 1 fully saturated rings. The maximum Gasteiger partial charge on any atom is 0.0682 e. The number of hydrogen-bond donors (Lipinski definition) is 1. The number of hydroxylamine groups is 1. The Labute approximate surface area is 75.0 Å². The first-order valence-corrected chi connectivity index (χ1v) is 4.80. The third kappa shape index (κ3) is 3.52. The van der Waals surface area contributed by atoms with Crippen LogP contribution in [0.4, 0.5) is 0 Å². The number of nitrogens with zero attached hydrogens (tertiary/aromatic N) is 1. The van der Waals surface area contributed by atoms with Crippen molar-refractivity contribution < 1.29 is 4.84 Å². The van der Waals surface area contributed by atoms with E-state index < -0.39 is 0 Å².